The molecule has 0 amide bonds. The summed E-state index contributed by atoms with van der Waals surface area (Å²) in [6.07, 6.45) is 1.90. The van der Waals surface area contributed by atoms with E-state index in [9.17, 15) is 4.79 Å². The van der Waals surface area contributed by atoms with E-state index in [2.05, 4.69) is 5.32 Å². The highest BCUT2D eigenvalue weighted by molar-refractivity contribution is 7.80. The zero-order valence-corrected chi connectivity index (χ0v) is 7.24. The van der Waals surface area contributed by atoms with Gasteiger partial charge in [0.2, 0.25) is 0 Å². The molecule has 1 atom stereocenters. The maximum Gasteiger partial charge on any atom is 0.302 e. The molecule has 1 saturated heterocycles. The van der Waals surface area contributed by atoms with Gasteiger partial charge in [0.1, 0.15) is 6.61 Å². The molecule has 0 radical (unpaired) electrons. The van der Waals surface area contributed by atoms with Gasteiger partial charge in [-0.1, -0.05) is 12.2 Å². The average Bonchev–Trinajstić information content (AvgIpc) is 2.31. The Hall–Kier alpha value is -0.640. The Labute approximate surface area is 71.1 Å². The lowest BCUT2D eigenvalue weighted by atomic mass is 10.2. The van der Waals surface area contributed by atoms with Crippen LogP contribution in [0, 0.1) is 0 Å². The molecule has 3 nitrogen and oxygen atoms in total. The van der Waals surface area contributed by atoms with Gasteiger partial charge in [-0.25, -0.2) is 0 Å². The molecular formula is C7H11NO2S. The van der Waals surface area contributed by atoms with Crippen LogP contribution < -0.4 is 5.32 Å². The summed E-state index contributed by atoms with van der Waals surface area (Å²) in [6, 6.07) is 0.242. The molecule has 4 heteroatoms. The first-order valence-corrected chi connectivity index (χ1v) is 4.02. The van der Waals surface area contributed by atoms with Gasteiger partial charge in [-0.3, -0.25) is 4.79 Å². The van der Waals surface area contributed by atoms with Gasteiger partial charge in [-0.05, 0) is 12.8 Å². The molecule has 11 heavy (non-hydrogen) atoms. The minimum absolute atomic E-state index is 0.232. The summed E-state index contributed by atoms with van der Waals surface area (Å²) in [6.45, 7) is 1.85. The second-order valence-electron chi connectivity index (χ2n) is 2.61. The Morgan fingerprint density at radius 3 is 3.09 bits per heavy atom. The van der Waals surface area contributed by atoms with Crippen molar-refractivity contribution >= 4 is 23.2 Å². The second kappa shape index (κ2) is 3.67. The van der Waals surface area contributed by atoms with E-state index in [0.29, 0.717) is 6.61 Å². The summed E-state index contributed by atoms with van der Waals surface area (Å²) < 4.78 is 4.81. The van der Waals surface area contributed by atoms with Crippen molar-refractivity contribution < 1.29 is 9.53 Å². The molecule has 0 bridgehead atoms. The summed E-state index contributed by atoms with van der Waals surface area (Å²) >= 11 is 4.92. The van der Waals surface area contributed by atoms with Gasteiger partial charge in [0.25, 0.3) is 0 Å². The van der Waals surface area contributed by atoms with E-state index in [4.69, 9.17) is 17.0 Å². The SMILES string of the molecule is CC(=O)OCC1CCC(=S)N1. The highest BCUT2D eigenvalue weighted by Gasteiger charge is 2.18. The average molecular weight is 173 g/mol. The number of rotatable bonds is 2. The minimum atomic E-state index is -0.232. The van der Waals surface area contributed by atoms with Crippen LogP contribution >= 0.6 is 12.2 Å². The van der Waals surface area contributed by atoms with Crippen molar-refractivity contribution in [2.75, 3.05) is 6.61 Å². The molecule has 1 aliphatic rings. The normalized spacial score (nSPS) is 23.0. The molecule has 0 aromatic heterocycles. The number of thiocarbonyl (C=S) groups is 1. The van der Waals surface area contributed by atoms with Crippen molar-refractivity contribution in [2.24, 2.45) is 0 Å². The van der Waals surface area contributed by atoms with Crippen molar-refractivity contribution in [3.63, 3.8) is 0 Å². The number of hydrogen-bond donors (Lipinski definition) is 1. The Morgan fingerprint density at radius 1 is 1.91 bits per heavy atom. The van der Waals surface area contributed by atoms with Crippen molar-refractivity contribution in [2.45, 2.75) is 25.8 Å². The molecule has 1 rings (SSSR count). The standard InChI is InChI=1S/C7H11NO2S/c1-5(9)10-4-6-2-3-7(11)8-6/h6H,2-4H2,1H3,(H,8,11). The maximum absolute atomic E-state index is 10.4. The lowest BCUT2D eigenvalue weighted by molar-refractivity contribution is -0.141. The number of esters is 1. The van der Waals surface area contributed by atoms with E-state index >= 15 is 0 Å². The molecule has 0 aliphatic carbocycles. The predicted octanol–water partition coefficient (Wildman–Crippen LogP) is 0.629. The summed E-state index contributed by atoms with van der Waals surface area (Å²) in [5.74, 6) is -0.232. The predicted molar refractivity (Wildman–Crippen MR) is 45.4 cm³/mol. The summed E-state index contributed by atoms with van der Waals surface area (Å²) in [5.41, 5.74) is 0. The number of nitrogens with one attached hydrogen (secondary N) is 1. The first kappa shape index (κ1) is 8.46. The molecule has 62 valence electrons. The van der Waals surface area contributed by atoms with Crippen molar-refractivity contribution in [3.8, 4) is 0 Å². The van der Waals surface area contributed by atoms with Crippen LogP contribution in [0.15, 0.2) is 0 Å². The Balaban J connectivity index is 2.18. The van der Waals surface area contributed by atoms with E-state index in [0.717, 1.165) is 17.8 Å². The Morgan fingerprint density at radius 2 is 2.64 bits per heavy atom. The highest BCUT2D eigenvalue weighted by atomic mass is 32.1. The molecule has 0 aromatic rings. The lowest BCUT2D eigenvalue weighted by Gasteiger charge is -2.09. The van der Waals surface area contributed by atoms with E-state index < -0.39 is 0 Å². The summed E-state index contributed by atoms with van der Waals surface area (Å²) in [4.78, 5) is 11.3. The van der Waals surface area contributed by atoms with Crippen LogP contribution in [-0.4, -0.2) is 23.6 Å². The van der Waals surface area contributed by atoms with Gasteiger partial charge in [0.05, 0.1) is 11.0 Å². The van der Waals surface area contributed by atoms with E-state index in [1.54, 1.807) is 0 Å². The fourth-order valence-electron chi connectivity index (χ4n) is 1.02. The van der Waals surface area contributed by atoms with Crippen molar-refractivity contribution in [1.82, 2.24) is 5.32 Å². The van der Waals surface area contributed by atoms with Crippen LogP contribution in [0.2, 0.25) is 0 Å². The largest absolute Gasteiger partial charge is 0.464 e. The lowest BCUT2D eigenvalue weighted by Crippen LogP contribution is -2.29. The first-order chi connectivity index (χ1) is 5.18. The van der Waals surface area contributed by atoms with Gasteiger partial charge < -0.3 is 10.1 Å². The Bertz CT molecular complexity index is 181. The van der Waals surface area contributed by atoms with Gasteiger partial charge in [0.15, 0.2) is 0 Å². The third-order valence-corrected chi connectivity index (χ3v) is 1.89. The fourth-order valence-corrected chi connectivity index (χ4v) is 1.30. The molecule has 1 unspecified atom stereocenters. The van der Waals surface area contributed by atoms with Crippen LogP contribution in [0.1, 0.15) is 19.8 Å². The zero-order chi connectivity index (χ0) is 8.27. The first-order valence-electron chi connectivity index (χ1n) is 3.61. The van der Waals surface area contributed by atoms with Gasteiger partial charge in [0, 0.05) is 6.92 Å². The minimum Gasteiger partial charge on any atom is -0.464 e. The smallest absolute Gasteiger partial charge is 0.302 e. The van der Waals surface area contributed by atoms with Crippen LogP contribution in [0.4, 0.5) is 0 Å². The van der Waals surface area contributed by atoms with E-state index in [1.807, 2.05) is 0 Å². The van der Waals surface area contributed by atoms with Gasteiger partial charge in [-0.15, -0.1) is 0 Å². The highest BCUT2D eigenvalue weighted by Crippen LogP contribution is 2.07. The van der Waals surface area contributed by atoms with E-state index in [1.165, 1.54) is 6.92 Å². The maximum atomic E-state index is 10.4. The fraction of sp³-hybridized carbons (Fsp3) is 0.714. The molecule has 0 saturated carbocycles. The molecule has 0 spiro atoms. The summed E-state index contributed by atoms with van der Waals surface area (Å²) in [7, 11) is 0. The van der Waals surface area contributed by atoms with E-state index in [-0.39, 0.29) is 12.0 Å². The molecule has 1 heterocycles. The van der Waals surface area contributed by atoms with Crippen LogP contribution in [0.5, 0.6) is 0 Å². The van der Waals surface area contributed by atoms with Crippen molar-refractivity contribution in [1.29, 1.82) is 0 Å². The van der Waals surface area contributed by atoms with Crippen molar-refractivity contribution in [3.05, 3.63) is 0 Å². The number of hydrogen-bond acceptors (Lipinski definition) is 3. The number of carbonyl (C=O) groups is 1. The zero-order valence-electron chi connectivity index (χ0n) is 6.42. The topological polar surface area (TPSA) is 38.3 Å². The quantitative estimate of drug-likeness (QED) is 0.491. The van der Waals surface area contributed by atoms with Gasteiger partial charge >= 0.3 is 5.97 Å². The van der Waals surface area contributed by atoms with Crippen LogP contribution in [-0.2, 0) is 9.53 Å². The second-order valence-corrected chi connectivity index (χ2v) is 3.10. The van der Waals surface area contributed by atoms with Crippen LogP contribution in [0.3, 0.4) is 0 Å². The molecule has 1 fully saturated rings. The molecule has 1 aliphatic heterocycles. The molecule has 0 aromatic carbocycles. The third kappa shape index (κ3) is 2.84. The van der Waals surface area contributed by atoms with Gasteiger partial charge in [-0.2, -0.15) is 0 Å². The molecule has 1 N–H and O–H groups in total. The van der Waals surface area contributed by atoms with Crippen LogP contribution in [0.25, 0.3) is 0 Å². The summed E-state index contributed by atoms with van der Waals surface area (Å²) in [5, 5.41) is 3.06. The monoisotopic (exact) mass is 173 g/mol. The third-order valence-electron chi connectivity index (χ3n) is 1.57. The number of ether oxygens (including phenoxy) is 1. The Kier molecular flexibility index (Phi) is 2.82. The molecular weight excluding hydrogens is 162 g/mol. The number of carbonyl (C=O) groups excluding carboxylic acids is 1.